The van der Waals surface area contributed by atoms with E-state index in [-0.39, 0.29) is 18.2 Å². The van der Waals surface area contributed by atoms with Gasteiger partial charge in [0, 0.05) is 19.5 Å². The second kappa shape index (κ2) is 14.9. The summed E-state index contributed by atoms with van der Waals surface area (Å²) in [5.74, 6) is 0.922. The SMILES string of the molecule is COc1ccc(CC(=O)N(Cc2ccccc2)[C@@H](Cc2ccccc2)C(=O)NCCC2=CCCCC2)cc1OC. The molecule has 2 amide bonds. The molecule has 3 aromatic carbocycles. The monoisotopic (exact) mass is 540 g/mol. The van der Waals surface area contributed by atoms with E-state index in [9.17, 15) is 9.59 Å². The highest BCUT2D eigenvalue weighted by Gasteiger charge is 2.30. The maximum absolute atomic E-state index is 14.0. The first-order valence-electron chi connectivity index (χ1n) is 14.1. The van der Waals surface area contributed by atoms with Gasteiger partial charge in [-0.25, -0.2) is 0 Å². The third-order valence-electron chi connectivity index (χ3n) is 7.40. The fraction of sp³-hybridized carbons (Fsp3) is 0.353. The first kappa shape index (κ1) is 28.9. The van der Waals surface area contributed by atoms with E-state index >= 15 is 0 Å². The first-order chi connectivity index (χ1) is 19.6. The molecule has 4 rings (SSSR count). The van der Waals surface area contributed by atoms with Crippen LogP contribution in [0, 0.1) is 0 Å². The van der Waals surface area contributed by atoms with Crippen LogP contribution < -0.4 is 14.8 Å². The number of hydrogen-bond donors (Lipinski definition) is 1. The van der Waals surface area contributed by atoms with Crippen LogP contribution in [0.3, 0.4) is 0 Å². The molecule has 1 aliphatic carbocycles. The number of hydrogen-bond acceptors (Lipinski definition) is 4. The largest absolute Gasteiger partial charge is 0.493 e. The average Bonchev–Trinajstić information content (AvgIpc) is 3.00. The van der Waals surface area contributed by atoms with E-state index < -0.39 is 6.04 Å². The van der Waals surface area contributed by atoms with Gasteiger partial charge in [0.05, 0.1) is 20.6 Å². The van der Waals surface area contributed by atoms with Crippen LogP contribution in [-0.4, -0.2) is 43.5 Å². The van der Waals surface area contributed by atoms with Gasteiger partial charge in [-0.1, -0.05) is 78.4 Å². The second-order valence-corrected chi connectivity index (χ2v) is 10.2. The fourth-order valence-corrected chi connectivity index (χ4v) is 5.20. The van der Waals surface area contributed by atoms with Gasteiger partial charge in [0.25, 0.3) is 0 Å². The van der Waals surface area contributed by atoms with Crippen molar-refractivity contribution in [2.75, 3.05) is 20.8 Å². The topological polar surface area (TPSA) is 67.9 Å². The molecule has 6 heteroatoms. The minimum atomic E-state index is -0.657. The molecule has 0 aliphatic heterocycles. The minimum Gasteiger partial charge on any atom is -0.493 e. The number of amides is 2. The Hall–Kier alpha value is -4.06. The molecule has 3 aromatic rings. The van der Waals surface area contributed by atoms with Crippen molar-refractivity contribution in [2.24, 2.45) is 0 Å². The van der Waals surface area contributed by atoms with E-state index in [1.807, 2.05) is 72.8 Å². The van der Waals surface area contributed by atoms with Crippen LogP contribution in [0.2, 0.25) is 0 Å². The smallest absolute Gasteiger partial charge is 0.243 e. The molecule has 210 valence electrons. The van der Waals surface area contributed by atoms with Gasteiger partial charge in [0.15, 0.2) is 11.5 Å². The molecule has 0 radical (unpaired) electrons. The lowest BCUT2D eigenvalue weighted by Gasteiger charge is -2.32. The minimum absolute atomic E-state index is 0.123. The number of rotatable bonds is 13. The number of benzene rings is 3. The van der Waals surface area contributed by atoms with Crippen molar-refractivity contribution >= 4 is 11.8 Å². The molecule has 0 aromatic heterocycles. The van der Waals surface area contributed by atoms with Gasteiger partial charge in [-0.3, -0.25) is 9.59 Å². The van der Waals surface area contributed by atoms with E-state index in [0.29, 0.717) is 31.0 Å². The van der Waals surface area contributed by atoms with Gasteiger partial charge in [0.2, 0.25) is 11.8 Å². The second-order valence-electron chi connectivity index (χ2n) is 10.2. The van der Waals surface area contributed by atoms with Crippen molar-refractivity contribution in [2.45, 2.75) is 57.5 Å². The van der Waals surface area contributed by atoms with Gasteiger partial charge in [-0.05, 0) is 60.9 Å². The average molecular weight is 541 g/mol. The van der Waals surface area contributed by atoms with Crippen molar-refractivity contribution in [3.8, 4) is 11.5 Å². The molecule has 1 aliphatic rings. The highest BCUT2D eigenvalue weighted by molar-refractivity contribution is 5.89. The zero-order chi connectivity index (χ0) is 28.2. The van der Waals surface area contributed by atoms with Gasteiger partial charge in [0.1, 0.15) is 6.04 Å². The summed E-state index contributed by atoms with van der Waals surface area (Å²) >= 11 is 0. The standard InChI is InChI=1S/C34H40N2O4/c1-39-31-19-18-29(23-32(31)40-2)24-33(37)36(25-28-16-10-5-11-17-28)30(22-27-14-8-4-9-15-27)34(38)35-21-20-26-12-6-3-7-13-26/h4-5,8-12,14-19,23,30H,3,6-7,13,20-22,24-25H2,1-2H3,(H,35,38)/t30-/m0/s1. The van der Waals surface area contributed by atoms with E-state index in [2.05, 4.69) is 11.4 Å². The predicted molar refractivity (Wildman–Crippen MR) is 158 cm³/mol. The Morgan fingerprint density at radius 3 is 2.20 bits per heavy atom. The Morgan fingerprint density at radius 2 is 1.55 bits per heavy atom. The van der Waals surface area contributed by atoms with E-state index in [0.717, 1.165) is 36.0 Å². The van der Waals surface area contributed by atoms with Gasteiger partial charge < -0.3 is 19.7 Å². The van der Waals surface area contributed by atoms with Crippen LogP contribution in [0.4, 0.5) is 0 Å². The predicted octanol–water partition coefficient (Wildman–Crippen LogP) is 5.89. The molecule has 0 fully saturated rings. The summed E-state index contributed by atoms with van der Waals surface area (Å²) in [6, 6.07) is 24.6. The third kappa shape index (κ3) is 8.22. The van der Waals surface area contributed by atoms with Gasteiger partial charge in [-0.2, -0.15) is 0 Å². The molecule has 0 saturated carbocycles. The van der Waals surface area contributed by atoms with Gasteiger partial charge in [-0.15, -0.1) is 0 Å². The molecule has 6 nitrogen and oxygen atoms in total. The van der Waals surface area contributed by atoms with E-state index in [4.69, 9.17) is 9.47 Å². The molecule has 1 atom stereocenters. The summed E-state index contributed by atoms with van der Waals surface area (Å²) in [5, 5.41) is 3.16. The van der Waals surface area contributed by atoms with Crippen molar-refractivity contribution in [3.05, 3.63) is 107 Å². The number of ether oxygens (including phenoxy) is 2. The maximum atomic E-state index is 14.0. The van der Waals surface area contributed by atoms with Crippen molar-refractivity contribution in [1.29, 1.82) is 0 Å². The van der Waals surface area contributed by atoms with Crippen LogP contribution in [-0.2, 0) is 29.0 Å². The molecule has 0 saturated heterocycles. The highest BCUT2D eigenvalue weighted by Crippen LogP contribution is 2.28. The van der Waals surface area contributed by atoms with Gasteiger partial charge >= 0.3 is 0 Å². The lowest BCUT2D eigenvalue weighted by Crippen LogP contribution is -2.51. The molecule has 0 unspecified atom stereocenters. The fourth-order valence-electron chi connectivity index (χ4n) is 5.20. The van der Waals surface area contributed by atoms with Crippen LogP contribution in [0.15, 0.2) is 90.5 Å². The zero-order valence-electron chi connectivity index (χ0n) is 23.6. The highest BCUT2D eigenvalue weighted by atomic mass is 16.5. The summed E-state index contributed by atoms with van der Waals surface area (Å²) in [7, 11) is 3.16. The number of nitrogens with one attached hydrogen (secondary N) is 1. The Balaban J connectivity index is 1.59. The molecule has 0 spiro atoms. The first-order valence-corrected chi connectivity index (χ1v) is 14.1. The van der Waals surface area contributed by atoms with Crippen molar-refractivity contribution in [3.63, 3.8) is 0 Å². The molecular formula is C34H40N2O4. The van der Waals surface area contributed by atoms with Crippen LogP contribution >= 0.6 is 0 Å². The lowest BCUT2D eigenvalue weighted by molar-refractivity contribution is -0.140. The van der Waals surface area contributed by atoms with E-state index in [1.165, 1.54) is 18.4 Å². The van der Waals surface area contributed by atoms with E-state index in [1.54, 1.807) is 25.2 Å². The van der Waals surface area contributed by atoms with Crippen molar-refractivity contribution < 1.29 is 19.1 Å². The Kier molecular flexibility index (Phi) is 10.8. The van der Waals surface area contributed by atoms with Crippen LogP contribution in [0.5, 0.6) is 11.5 Å². The molecule has 1 N–H and O–H groups in total. The normalized spacial score (nSPS) is 13.6. The maximum Gasteiger partial charge on any atom is 0.243 e. The summed E-state index contributed by atoms with van der Waals surface area (Å²) in [4.78, 5) is 29.5. The number of methoxy groups -OCH3 is 2. The zero-order valence-corrected chi connectivity index (χ0v) is 23.6. The quantitative estimate of drug-likeness (QED) is 0.275. The number of carbonyl (C=O) groups is 2. The summed E-state index contributed by atoms with van der Waals surface area (Å²) in [5.41, 5.74) is 4.19. The summed E-state index contributed by atoms with van der Waals surface area (Å²) in [6.45, 7) is 0.905. The summed E-state index contributed by atoms with van der Waals surface area (Å²) < 4.78 is 10.8. The third-order valence-corrected chi connectivity index (χ3v) is 7.40. The summed E-state index contributed by atoms with van der Waals surface area (Å²) in [6.07, 6.45) is 8.41. The number of carbonyl (C=O) groups excluding carboxylic acids is 2. The molecular weight excluding hydrogens is 500 g/mol. The number of allylic oxidation sites excluding steroid dienone is 1. The lowest BCUT2D eigenvalue weighted by atomic mass is 9.97. The van der Waals surface area contributed by atoms with Crippen LogP contribution in [0.25, 0.3) is 0 Å². The van der Waals surface area contributed by atoms with Crippen molar-refractivity contribution in [1.82, 2.24) is 10.2 Å². The van der Waals surface area contributed by atoms with Crippen LogP contribution in [0.1, 0.15) is 48.8 Å². The molecule has 0 heterocycles. The Bertz CT molecular complexity index is 1270. The molecule has 0 bridgehead atoms. The number of nitrogens with zero attached hydrogens (tertiary/aromatic N) is 1. The Morgan fingerprint density at radius 1 is 0.850 bits per heavy atom. The Labute approximate surface area is 238 Å². The molecule has 40 heavy (non-hydrogen) atoms.